The molecule has 0 aliphatic rings. The summed E-state index contributed by atoms with van der Waals surface area (Å²) < 4.78 is 0.932. The lowest BCUT2D eigenvalue weighted by molar-refractivity contribution is 0.444. The minimum absolute atomic E-state index is 0.201. The molecular formula is C13H13BrN2O2. The maximum atomic E-state index is 11.7. The second-order valence-electron chi connectivity index (χ2n) is 4.03. The lowest BCUT2D eigenvalue weighted by Gasteiger charge is -2.06. The number of halogens is 1. The number of aryl methyl sites for hydroxylation is 1. The van der Waals surface area contributed by atoms with Gasteiger partial charge in [-0.15, -0.1) is 0 Å². The Balaban J connectivity index is 2.58. The standard InChI is InChI=1S/C13H13BrN2O2/c1-3-9-12(17)15-11(16-13(9)18)8-5-4-7(2)10(14)6-8/h4-6H,3H2,1-2H3,(H2,15,16,17,18). The van der Waals surface area contributed by atoms with Crippen molar-refractivity contribution >= 4 is 15.9 Å². The van der Waals surface area contributed by atoms with Gasteiger partial charge in [0.05, 0.1) is 5.56 Å². The topological polar surface area (TPSA) is 66.0 Å². The highest BCUT2D eigenvalue weighted by molar-refractivity contribution is 9.10. The molecule has 0 radical (unpaired) electrons. The van der Waals surface area contributed by atoms with Gasteiger partial charge in [0.1, 0.15) is 5.82 Å². The zero-order chi connectivity index (χ0) is 13.3. The molecule has 0 fully saturated rings. The van der Waals surface area contributed by atoms with Gasteiger partial charge in [-0.25, -0.2) is 0 Å². The second kappa shape index (κ2) is 4.94. The fraction of sp³-hybridized carbons (Fsp3) is 0.231. The van der Waals surface area contributed by atoms with E-state index in [0.717, 1.165) is 15.6 Å². The minimum atomic E-state index is -0.295. The Kier molecular flexibility index (Phi) is 3.52. The van der Waals surface area contributed by atoms with Crippen LogP contribution in [0.1, 0.15) is 18.1 Å². The van der Waals surface area contributed by atoms with E-state index in [1.165, 1.54) is 0 Å². The van der Waals surface area contributed by atoms with Gasteiger partial charge in [0.25, 0.3) is 5.56 Å². The van der Waals surface area contributed by atoms with Gasteiger partial charge in [0, 0.05) is 10.0 Å². The predicted molar refractivity (Wildman–Crippen MR) is 73.8 cm³/mol. The molecule has 0 saturated heterocycles. The van der Waals surface area contributed by atoms with E-state index < -0.39 is 0 Å². The van der Waals surface area contributed by atoms with E-state index in [9.17, 15) is 9.90 Å². The van der Waals surface area contributed by atoms with Crippen LogP contribution in [0.2, 0.25) is 0 Å². The van der Waals surface area contributed by atoms with Gasteiger partial charge in [-0.1, -0.05) is 35.0 Å². The molecule has 0 aliphatic heterocycles. The number of H-pyrrole nitrogens is 1. The van der Waals surface area contributed by atoms with E-state index in [0.29, 0.717) is 17.8 Å². The molecule has 0 bridgehead atoms. The number of nitrogens with zero attached hydrogens (tertiary/aromatic N) is 1. The van der Waals surface area contributed by atoms with Gasteiger partial charge in [0.2, 0.25) is 5.88 Å². The smallest absolute Gasteiger partial charge is 0.258 e. The first-order valence-electron chi connectivity index (χ1n) is 5.61. The Morgan fingerprint density at radius 1 is 1.44 bits per heavy atom. The van der Waals surface area contributed by atoms with Crippen molar-refractivity contribution in [3.63, 3.8) is 0 Å². The Bertz CT molecular complexity index is 650. The normalized spacial score (nSPS) is 10.6. The van der Waals surface area contributed by atoms with Crippen LogP contribution in [0.4, 0.5) is 0 Å². The summed E-state index contributed by atoms with van der Waals surface area (Å²) in [5.74, 6) is 0.170. The molecule has 94 valence electrons. The number of nitrogens with one attached hydrogen (secondary N) is 1. The number of benzene rings is 1. The third-order valence-corrected chi connectivity index (χ3v) is 3.65. The van der Waals surface area contributed by atoms with Crippen LogP contribution in [0, 0.1) is 6.92 Å². The summed E-state index contributed by atoms with van der Waals surface area (Å²) >= 11 is 3.43. The Hall–Kier alpha value is -1.62. The molecule has 2 aromatic rings. The van der Waals surface area contributed by atoms with E-state index in [1.807, 2.05) is 25.1 Å². The highest BCUT2D eigenvalue weighted by atomic mass is 79.9. The van der Waals surface area contributed by atoms with E-state index >= 15 is 0 Å². The highest BCUT2D eigenvalue weighted by Crippen LogP contribution is 2.24. The molecule has 2 N–H and O–H groups in total. The number of aromatic nitrogens is 2. The molecule has 0 spiro atoms. The van der Waals surface area contributed by atoms with E-state index in [-0.39, 0.29) is 11.4 Å². The Labute approximate surface area is 113 Å². The minimum Gasteiger partial charge on any atom is -0.493 e. The summed E-state index contributed by atoms with van der Waals surface area (Å²) in [7, 11) is 0. The molecular weight excluding hydrogens is 296 g/mol. The summed E-state index contributed by atoms with van der Waals surface area (Å²) in [5, 5.41) is 9.71. The number of aromatic amines is 1. The van der Waals surface area contributed by atoms with Gasteiger partial charge >= 0.3 is 0 Å². The van der Waals surface area contributed by atoms with Crippen LogP contribution in [0.15, 0.2) is 27.5 Å². The maximum absolute atomic E-state index is 11.7. The number of rotatable bonds is 2. The lowest BCUT2D eigenvalue weighted by Crippen LogP contribution is -2.14. The van der Waals surface area contributed by atoms with Gasteiger partial charge in [-0.2, -0.15) is 4.98 Å². The summed E-state index contributed by atoms with van der Waals surface area (Å²) in [6.07, 6.45) is 0.450. The van der Waals surface area contributed by atoms with Crippen LogP contribution in [-0.2, 0) is 6.42 Å². The Morgan fingerprint density at radius 2 is 2.17 bits per heavy atom. The maximum Gasteiger partial charge on any atom is 0.258 e. The molecule has 0 atom stereocenters. The monoisotopic (exact) mass is 308 g/mol. The molecule has 2 rings (SSSR count). The van der Waals surface area contributed by atoms with Crippen LogP contribution in [0.25, 0.3) is 11.4 Å². The summed E-state index contributed by atoms with van der Waals surface area (Å²) in [6.45, 7) is 3.77. The van der Waals surface area contributed by atoms with Gasteiger partial charge in [0.15, 0.2) is 0 Å². The van der Waals surface area contributed by atoms with Crippen LogP contribution >= 0.6 is 15.9 Å². The van der Waals surface area contributed by atoms with Crippen LogP contribution in [-0.4, -0.2) is 15.1 Å². The van der Waals surface area contributed by atoms with Crippen molar-refractivity contribution in [1.82, 2.24) is 9.97 Å². The van der Waals surface area contributed by atoms with Crippen molar-refractivity contribution in [2.75, 3.05) is 0 Å². The number of aromatic hydroxyl groups is 1. The quantitative estimate of drug-likeness (QED) is 0.896. The average molecular weight is 309 g/mol. The second-order valence-corrected chi connectivity index (χ2v) is 4.89. The predicted octanol–water partition coefficient (Wildman–Crippen LogP) is 2.78. The van der Waals surface area contributed by atoms with Crippen LogP contribution < -0.4 is 5.56 Å². The van der Waals surface area contributed by atoms with Crippen molar-refractivity contribution in [3.05, 3.63) is 44.2 Å². The lowest BCUT2D eigenvalue weighted by atomic mass is 10.1. The summed E-state index contributed by atoms with van der Waals surface area (Å²) in [4.78, 5) is 18.5. The summed E-state index contributed by atoms with van der Waals surface area (Å²) in [6, 6.07) is 5.63. The fourth-order valence-corrected chi connectivity index (χ4v) is 2.06. The summed E-state index contributed by atoms with van der Waals surface area (Å²) in [5.41, 5.74) is 1.86. The third kappa shape index (κ3) is 2.31. The molecule has 5 heteroatoms. The SMILES string of the molecule is CCc1c(O)nc(-c2ccc(C)c(Br)c2)[nH]c1=O. The third-order valence-electron chi connectivity index (χ3n) is 2.79. The van der Waals surface area contributed by atoms with Gasteiger partial charge < -0.3 is 10.1 Å². The number of hydrogen-bond donors (Lipinski definition) is 2. The van der Waals surface area contributed by atoms with E-state index in [4.69, 9.17) is 0 Å². The molecule has 1 aromatic heterocycles. The van der Waals surface area contributed by atoms with Crippen molar-refractivity contribution in [2.45, 2.75) is 20.3 Å². The highest BCUT2D eigenvalue weighted by Gasteiger charge is 2.10. The fourth-order valence-electron chi connectivity index (χ4n) is 1.68. The zero-order valence-corrected chi connectivity index (χ0v) is 11.7. The first kappa shape index (κ1) is 12.8. The van der Waals surface area contributed by atoms with Crippen molar-refractivity contribution in [3.8, 4) is 17.3 Å². The molecule has 0 amide bonds. The van der Waals surface area contributed by atoms with Crippen LogP contribution in [0.5, 0.6) is 5.88 Å². The molecule has 18 heavy (non-hydrogen) atoms. The van der Waals surface area contributed by atoms with E-state index in [1.54, 1.807) is 6.92 Å². The molecule has 0 saturated carbocycles. The number of hydrogen-bond acceptors (Lipinski definition) is 3. The van der Waals surface area contributed by atoms with Gasteiger partial charge in [-0.05, 0) is 25.0 Å². The molecule has 1 aromatic carbocycles. The zero-order valence-electron chi connectivity index (χ0n) is 10.1. The Morgan fingerprint density at radius 3 is 2.72 bits per heavy atom. The van der Waals surface area contributed by atoms with Crippen LogP contribution in [0.3, 0.4) is 0 Å². The molecule has 0 unspecified atom stereocenters. The largest absolute Gasteiger partial charge is 0.493 e. The van der Waals surface area contributed by atoms with Gasteiger partial charge in [-0.3, -0.25) is 4.79 Å². The first-order valence-corrected chi connectivity index (χ1v) is 6.41. The molecule has 0 aliphatic carbocycles. The van der Waals surface area contributed by atoms with Crippen molar-refractivity contribution < 1.29 is 5.11 Å². The average Bonchev–Trinajstić information content (AvgIpc) is 2.32. The molecule has 1 heterocycles. The molecule has 4 nitrogen and oxygen atoms in total. The van der Waals surface area contributed by atoms with Crippen molar-refractivity contribution in [1.29, 1.82) is 0 Å². The van der Waals surface area contributed by atoms with Crippen molar-refractivity contribution in [2.24, 2.45) is 0 Å². The first-order chi connectivity index (χ1) is 8.52. The van der Waals surface area contributed by atoms with E-state index in [2.05, 4.69) is 25.9 Å².